The lowest BCUT2D eigenvalue weighted by molar-refractivity contribution is 0.183. The first-order valence-electron chi connectivity index (χ1n) is 6.21. The van der Waals surface area contributed by atoms with Crippen LogP contribution in [0.25, 0.3) is 22.3 Å². The summed E-state index contributed by atoms with van der Waals surface area (Å²) in [7, 11) is 1.68. The van der Waals surface area contributed by atoms with Gasteiger partial charge in [0.25, 0.3) is 0 Å². The van der Waals surface area contributed by atoms with E-state index in [9.17, 15) is 0 Å². The third-order valence-corrected chi connectivity index (χ3v) is 3.62. The summed E-state index contributed by atoms with van der Waals surface area (Å²) in [5.41, 5.74) is 3.49. The number of ether oxygens (including phenoxy) is 1. The van der Waals surface area contributed by atoms with Gasteiger partial charge < -0.3 is 4.74 Å². The third kappa shape index (κ3) is 2.57. The van der Waals surface area contributed by atoms with Crippen molar-refractivity contribution in [2.75, 3.05) is 13.7 Å². The molecule has 20 heavy (non-hydrogen) atoms. The molecule has 0 radical (unpaired) electrons. The Bertz CT molecular complexity index is 741. The van der Waals surface area contributed by atoms with Crippen molar-refractivity contribution in [3.05, 3.63) is 41.3 Å². The van der Waals surface area contributed by atoms with Crippen LogP contribution in [-0.2, 0) is 11.3 Å². The molecule has 0 atom stereocenters. The Morgan fingerprint density at radius 3 is 3.05 bits per heavy atom. The number of hydrogen-bond acceptors (Lipinski definition) is 4. The summed E-state index contributed by atoms with van der Waals surface area (Å²) in [6, 6.07) is 5.85. The summed E-state index contributed by atoms with van der Waals surface area (Å²) in [4.78, 5) is 9.08. The Hall–Kier alpha value is -1.79. The Balaban J connectivity index is 1.97. The van der Waals surface area contributed by atoms with Crippen LogP contribution >= 0.6 is 15.9 Å². The molecule has 0 spiro atoms. The van der Waals surface area contributed by atoms with Crippen LogP contribution in [-0.4, -0.2) is 33.5 Å². The van der Waals surface area contributed by atoms with E-state index in [1.54, 1.807) is 19.5 Å². The fourth-order valence-electron chi connectivity index (χ4n) is 1.94. The van der Waals surface area contributed by atoms with Crippen LogP contribution in [0.5, 0.6) is 0 Å². The summed E-state index contributed by atoms with van der Waals surface area (Å²) in [5, 5.41) is 4.29. The molecule has 0 fully saturated rings. The van der Waals surface area contributed by atoms with Crippen molar-refractivity contribution in [2.45, 2.75) is 6.54 Å². The monoisotopic (exact) mass is 332 g/mol. The van der Waals surface area contributed by atoms with Gasteiger partial charge in [-0.15, -0.1) is 0 Å². The van der Waals surface area contributed by atoms with Crippen LogP contribution in [0.1, 0.15) is 0 Å². The lowest BCUT2D eigenvalue weighted by Gasteiger charge is -2.02. The van der Waals surface area contributed by atoms with Crippen LogP contribution in [0.2, 0.25) is 0 Å². The fourth-order valence-corrected chi connectivity index (χ4v) is 2.39. The number of hydrogen-bond donors (Lipinski definition) is 0. The lowest BCUT2D eigenvalue weighted by atomic mass is 10.2. The number of aromatic nitrogens is 4. The third-order valence-electron chi connectivity index (χ3n) is 2.98. The van der Waals surface area contributed by atoms with E-state index in [-0.39, 0.29) is 0 Å². The second kappa shape index (κ2) is 5.68. The highest BCUT2D eigenvalue weighted by atomic mass is 79.9. The first kappa shape index (κ1) is 13.2. The van der Waals surface area contributed by atoms with E-state index >= 15 is 0 Å². The van der Waals surface area contributed by atoms with Crippen molar-refractivity contribution in [2.24, 2.45) is 0 Å². The van der Waals surface area contributed by atoms with Gasteiger partial charge in [0.05, 0.1) is 36.8 Å². The van der Waals surface area contributed by atoms with E-state index in [1.807, 2.05) is 29.1 Å². The maximum Gasteiger partial charge on any atom is 0.104 e. The molecule has 0 bridgehead atoms. The van der Waals surface area contributed by atoms with E-state index in [0.717, 1.165) is 33.3 Å². The molecule has 6 heteroatoms. The van der Waals surface area contributed by atoms with Gasteiger partial charge in [0, 0.05) is 23.3 Å². The largest absolute Gasteiger partial charge is 0.383 e. The highest BCUT2D eigenvalue weighted by molar-refractivity contribution is 9.10. The van der Waals surface area contributed by atoms with E-state index in [1.165, 1.54) is 0 Å². The average Bonchev–Trinajstić information content (AvgIpc) is 2.94. The Morgan fingerprint density at radius 1 is 1.30 bits per heavy atom. The number of rotatable bonds is 4. The SMILES string of the molecule is COCCn1cc(-c2cnc3cccc(Br)c3n2)cn1. The topological polar surface area (TPSA) is 52.8 Å². The summed E-state index contributed by atoms with van der Waals surface area (Å²) < 4.78 is 7.82. The molecule has 0 aliphatic heterocycles. The minimum absolute atomic E-state index is 0.635. The van der Waals surface area contributed by atoms with Gasteiger partial charge in [-0.25, -0.2) is 4.98 Å². The molecule has 3 rings (SSSR count). The van der Waals surface area contributed by atoms with E-state index in [2.05, 4.69) is 31.0 Å². The number of benzene rings is 1. The quantitative estimate of drug-likeness (QED) is 0.737. The number of nitrogens with zero attached hydrogens (tertiary/aromatic N) is 4. The first-order chi connectivity index (χ1) is 9.78. The van der Waals surface area contributed by atoms with Gasteiger partial charge in [0.1, 0.15) is 5.52 Å². The average molecular weight is 333 g/mol. The maximum atomic E-state index is 5.04. The summed E-state index contributed by atoms with van der Waals surface area (Å²) in [6.45, 7) is 1.36. The molecule has 0 amide bonds. The molecule has 0 aliphatic carbocycles. The predicted octanol–water partition coefficient (Wildman–Crippen LogP) is 2.90. The Labute approximate surface area is 124 Å². The zero-order valence-electron chi connectivity index (χ0n) is 11.0. The van der Waals surface area contributed by atoms with Crippen LogP contribution in [0.4, 0.5) is 0 Å². The van der Waals surface area contributed by atoms with Crippen molar-refractivity contribution >= 4 is 27.0 Å². The number of halogens is 1. The molecule has 3 aromatic rings. The highest BCUT2D eigenvalue weighted by Gasteiger charge is 2.07. The van der Waals surface area contributed by atoms with Gasteiger partial charge in [-0.3, -0.25) is 9.67 Å². The normalized spacial score (nSPS) is 11.1. The second-order valence-corrected chi connectivity index (χ2v) is 5.20. The summed E-state index contributed by atoms with van der Waals surface area (Å²) >= 11 is 3.50. The van der Waals surface area contributed by atoms with E-state index in [0.29, 0.717) is 6.61 Å². The van der Waals surface area contributed by atoms with Crippen LogP contribution in [0, 0.1) is 0 Å². The highest BCUT2D eigenvalue weighted by Crippen LogP contribution is 2.23. The molecule has 0 saturated carbocycles. The van der Waals surface area contributed by atoms with Crippen LogP contribution in [0.3, 0.4) is 0 Å². The molecule has 0 unspecified atom stereocenters. The van der Waals surface area contributed by atoms with Crippen LogP contribution in [0.15, 0.2) is 41.3 Å². The predicted molar refractivity (Wildman–Crippen MR) is 80.3 cm³/mol. The fraction of sp³-hybridized carbons (Fsp3) is 0.214. The number of methoxy groups -OCH3 is 1. The molecular formula is C14H13BrN4O. The van der Waals surface area contributed by atoms with Crippen LogP contribution < -0.4 is 0 Å². The minimum atomic E-state index is 0.635. The molecule has 0 aliphatic rings. The van der Waals surface area contributed by atoms with Crippen molar-refractivity contribution < 1.29 is 4.74 Å². The zero-order valence-corrected chi connectivity index (χ0v) is 12.5. The van der Waals surface area contributed by atoms with Gasteiger partial charge >= 0.3 is 0 Å². The zero-order chi connectivity index (χ0) is 13.9. The van der Waals surface area contributed by atoms with Gasteiger partial charge in [0.2, 0.25) is 0 Å². The molecule has 5 nitrogen and oxygen atoms in total. The Morgan fingerprint density at radius 2 is 2.20 bits per heavy atom. The van der Waals surface area contributed by atoms with E-state index < -0.39 is 0 Å². The molecule has 2 heterocycles. The minimum Gasteiger partial charge on any atom is -0.383 e. The standard InChI is InChI=1S/C14H13BrN4O/c1-20-6-5-19-9-10(7-17-19)13-8-16-12-4-2-3-11(15)14(12)18-13/h2-4,7-9H,5-6H2,1H3. The number of fused-ring (bicyclic) bond motifs is 1. The molecule has 102 valence electrons. The van der Waals surface area contributed by atoms with Gasteiger partial charge in [-0.1, -0.05) is 6.07 Å². The molecule has 2 aromatic heterocycles. The van der Waals surface area contributed by atoms with E-state index in [4.69, 9.17) is 4.74 Å². The lowest BCUT2D eigenvalue weighted by Crippen LogP contribution is -2.03. The molecular weight excluding hydrogens is 320 g/mol. The molecule has 0 saturated heterocycles. The number of para-hydroxylation sites is 1. The summed E-state index contributed by atoms with van der Waals surface area (Å²) in [6.07, 6.45) is 5.51. The van der Waals surface area contributed by atoms with Crippen molar-refractivity contribution in [1.82, 2.24) is 19.7 Å². The van der Waals surface area contributed by atoms with Crippen molar-refractivity contribution in [3.8, 4) is 11.3 Å². The smallest absolute Gasteiger partial charge is 0.104 e. The maximum absolute atomic E-state index is 5.04. The van der Waals surface area contributed by atoms with Gasteiger partial charge in [0.15, 0.2) is 0 Å². The van der Waals surface area contributed by atoms with Crippen molar-refractivity contribution in [1.29, 1.82) is 0 Å². The first-order valence-corrected chi connectivity index (χ1v) is 7.00. The molecule has 1 aromatic carbocycles. The molecule has 0 N–H and O–H groups in total. The van der Waals surface area contributed by atoms with Crippen molar-refractivity contribution in [3.63, 3.8) is 0 Å². The Kier molecular flexibility index (Phi) is 3.75. The summed E-state index contributed by atoms with van der Waals surface area (Å²) in [5.74, 6) is 0. The second-order valence-electron chi connectivity index (χ2n) is 4.35. The van der Waals surface area contributed by atoms with Gasteiger partial charge in [-0.2, -0.15) is 5.10 Å². The van der Waals surface area contributed by atoms with Gasteiger partial charge in [-0.05, 0) is 28.1 Å².